The molecule has 0 aromatic heterocycles. The number of benzene rings is 2. The van der Waals surface area contributed by atoms with Gasteiger partial charge in [0.25, 0.3) is 0 Å². The van der Waals surface area contributed by atoms with E-state index in [1.54, 1.807) is 0 Å². The van der Waals surface area contributed by atoms with Crippen LogP contribution in [0.15, 0.2) is 48.5 Å². The maximum Gasteiger partial charge on any atom is 0.231 e. The van der Waals surface area contributed by atoms with Gasteiger partial charge in [-0.05, 0) is 24.1 Å². The van der Waals surface area contributed by atoms with Crippen LogP contribution in [0, 0.1) is 6.42 Å². The van der Waals surface area contributed by atoms with E-state index in [1.165, 1.54) is 0 Å². The fourth-order valence-corrected chi connectivity index (χ4v) is 3.22. The van der Waals surface area contributed by atoms with Gasteiger partial charge in [0.1, 0.15) is 0 Å². The highest BCUT2D eigenvalue weighted by Crippen LogP contribution is 2.35. The van der Waals surface area contributed by atoms with Crippen LogP contribution in [0.25, 0.3) is 0 Å². The SMILES string of the molecule is O=C(C[CH]c1ccccc1)N1CCN(c2ccc3c(c2)OCO3)CC1. The standard InChI is InChI=1S/C20H21N2O3/c23-20(9-6-16-4-2-1-3-5-16)22-12-10-21(11-13-22)17-7-8-18-19(14-17)25-15-24-18/h1-8,14H,9-13,15H2. The monoisotopic (exact) mass is 337 g/mol. The first-order valence-corrected chi connectivity index (χ1v) is 8.60. The molecule has 4 rings (SSSR count). The first kappa shape index (κ1) is 15.8. The maximum atomic E-state index is 12.4. The summed E-state index contributed by atoms with van der Waals surface area (Å²) >= 11 is 0. The molecule has 2 aliphatic rings. The first-order valence-electron chi connectivity index (χ1n) is 8.60. The Morgan fingerprint density at radius 1 is 0.960 bits per heavy atom. The van der Waals surface area contributed by atoms with Crippen molar-refractivity contribution in [3.8, 4) is 11.5 Å². The number of nitrogens with zero attached hydrogens (tertiary/aromatic N) is 2. The molecular weight excluding hydrogens is 316 g/mol. The third-order valence-corrected chi connectivity index (χ3v) is 4.67. The topological polar surface area (TPSA) is 42.0 Å². The lowest BCUT2D eigenvalue weighted by molar-refractivity contribution is -0.130. The van der Waals surface area contributed by atoms with Crippen LogP contribution in [0.5, 0.6) is 11.5 Å². The Bertz CT molecular complexity index is 740. The van der Waals surface area contributed by atoms with Gasteiger partial charge >= 0.3 is 0 Å². The smallest absolute Gasteiger partial charge is 0.231 e. The van der Waals surface area contributed by atoms with E-state index in [1.807, 2.05) is 59.9 Å². The highest BCUT2D eigenvalue weighted by Gasteiger charge is 2.22. The summed E-state index contributed by atoms with van der Waals surface area (Å²) in [5, 5.41) is 0. The van der Waals surface area contributed by atoms with Crippen LogP contribution < -0.4 is 14.4 Å². The van der Waals surface area contributed by atoms with Crippen LogP contribution in [-0.2, 0) is 4.79 Å². The van der Waals surface area contributed by atoms with E-state index >= 15 is 0 Å². The number of hydrogen-bond acceptors (Lipinski definition) is 4. The molecule has 1 saturated heterocycles. The molecule has 1 amide bonds. The largest absolute Gasteiger partial charge is 0.454 e. The highest BCUT2D eigenvalue weighted by atomic mass is 16.7. The number of anilines is 1. The van der Waals surface area contributed by atoms with Crippen molar-refractivity contribution in [2.24, 2.45) is 0 Å². The predicted octanol–water partition coefficient (Wildman–Crippen LogP) is 2.71. The summed E-state index contributed by atoms with van der Waals surface area (Å²) in [6.45, 7) is 3.44. The van der Waals surface area contributed by atoms with Gasteiger partial charge in [-0.1, -0.05) is 30.3 Å². The lowest BCUT2D eigenvalue weighted by Crippen LogP contribution is -2.48. The summed E-state index contributed by atoms with van der Waals surface area (Å²) in [7, 11) is 0. The molecule has 5 heteroatoms. The van der Waals surface area contributed by atoms with Crippen molar-refractivity contribution in [1.82, 2.24) is 4.90 Å². The molecule has 2 heterocycles. The second kappa shape index (κ2) is 7.05. The molecular formula is C20H21N2O3. The van der Waals surface area contributed by atoms with E-state index in [2.05, 4.69) is 4.90 Å². The van der Waals surface area contributed by atoms with Crippen molar-refractivity contribution < 1.29 is 14.3 Å². The van der Waals surface area contributed by atoms with Crippen molar-refractivity contribution in [3.63, 3.8) is 0 Å². The Morgan fingerprint density at radius 2 is 1.72 bits per heavy atom. The van der Waals surface area contributed by atoms with Gasteiger partial charge in [0.15, 0.2) is 11.5 Å². The van der Waals surface area contributed by atoms with E-state index in [4.69, 9.17) is 9.47 Å². The first-order chi connectivity index (χ1) is 12.3. The minimum atomic E-state index is 0.189. The van der Waals surface area contributed by atoms with Gasteiger partial charge in [-0.25, -0.2) is 0 Å². The number of carbonyl (C=O) groups is 1. The molecule has 129 valence electrons. The summed E-state index contributed by atoms with van der Waals surface area (Å²) in [6.07, 6.45) is 2.45. The van der Waals surface area contributed by atoms with Crippen molar-refractivity contribution in [3.05, 3.63) is 60.5 Å². The summed E-state index contributed by atoms with van der Waals surface area (Å²) in [5.74, 6) is 1.79. The van der Waals surface area contributed by atoms with E-state index < -0.39 is 0 Å². The fraction of sp³-hybridized carbons (Fsp3) is 0.300. The quantitative estimate of drug-likeness (QED) is 0.860. The average molecular weight is 337 g/mol. The zero-order valence-corrected chi connectivity index (χ0v) is 14.1. The molecule has 1 radical (unpaired) electrons. The van der Waals surface area contributed by atoms with E-state index in [-0.39, 0.29) is 5.91 Å². The van der Waals surface area contributed by atoms with Crippen LogP contribution in [0.4, 0.5) is 5.69 Å². The van der Waals surface area contributed by atoms with Gasteiger partial charge < -0.3 is 19.3 Å². The molecule has 0 spiro atoms. The highest BCUT2D eigenvalue weighted by molar-refractivity contribution is 5.78. The fourth-order valence-electron chi connectivity index (χ4n) is 3.22. The Kier molecular flexibility index (Phi) is 4.46. The molecule has 1 fully saturated rings. The number of amides is 1. The van der Waals surface area contributed by atoms with E-state index in [0.717, 1.165) is 48.9 Å². The van der Waals surface area contributed by atoms with E-state index in [9.17, 15) is 4.79 Å². The molecule has 0 aliphatic carbocycles. The zero-order valence-electron chi connectivity index (χ0n) is 14.1. The number of carbonyl (C=O) groups excluding carboxylic acids is 1. The number of rotatable bonds is 4. The van der Waals surface area contributed by atoms with Crippen LogP contribution in [0.1, 0.15) is 12.0 Å². The van der Waals surface area contributed by atoms with Crippen LogP contribution in [-0.4, -0.2) is 43.8 Å². The molecule has 2 aromatic rings. The zero-order chi connectivity index (χ0) is 17.1. The third-order valence-electron chi connectivity index (χ3n) is 4.67. The molecule has 2 aromatic carbocycles. The van der Waals surface area contributed by atoms with Gasteiger partial charge in [0.2, 0.25) is 12.7 Å². The van der Waals surface area contributed by atoms with Crippen LogP contribution >= 0.6 is 0 Å². The molecule has 0 atom stereocenters. The minimum Gasteiger partial charge on any atom is -0.454 e. The van der Waals surface area contributed by atoms with Crippen LogP contribution in [0.2, 0.25) is 0 Å². The Labute approximate surface area is 147 Å². The van der Waals surface area contributed by atoms with Gasteiger partial charge in [-0.15, -0.1) is 0 Å². The van der Waals surface area contributed by atoms with Crippen molar-refractivity contribution in [2.45, 2.75) is 6.42 Å². The molecule has 0 unspecified atom stereocenters. The van der Waals surface area contributed by atoms with Crippen molar-refractivity contribution >= 4 is 11.6 Å². The maximum absolute atomic E-state index is 12.4. The summed E-state index contributed by atoms with van der Waals surface area (Å²) in [5.41, 5.74) is 2.21. The molecule has 0 N–H and O–H groups in total. The van der Waals surface area contributed by atoms with Crippen molar-refractivity contribution in [1.29, 1.82) is 0 Å². The second-order valence-electron chi connectivity index (χ2n) is 6.22. The lowest BCUT2D eigenvalue weighted by atomic mass is 10.1. The summed E-state index contributed by atoms with van der Waals surface area (Å²) in [4.78, 5) is 16.6. The Hall–Kier alpha value is -2.69. The number of fused-ring (bicyclic) bond motifs is 1. The van der Waals surface area contributed by atoms with Gasteiger partial charge in [0, 0.05) is 44.4 Å². The average Bonchev–Trinajstić information content (AvgIpc) is 3.15. The van der Waals surface area contributed by atoms with E-state index in [0.29, 0.717) is 13.2 Å². The normalized spacial score (nSPS) is 16.2. The number of piperazine rings is 1. The Morgan fingerprint density at radius 3 is 2.52 bits per heavy atom. The molecule has 0 bridgehead atoms. The molecule has 2 aliphatic heterocycles. The summed E-state index contributed by atoms with van der Waals surface area (Å²) in [6, 6.07) is 16.0. The van der Waals surface area contributed by atoms with Gasteiger partial charge in [-0.2, -0.15) is 0 Å². The van der Waals surface area contributed by atoms with Gasteiger partial charge in [-0.3, -0.25) is 4.79 Å². The molecule has 5 nitrogen and oxygen atoms in total. The number of ether oxygens (including phenoxy) is 2. The lowest BCUT2D eigenvalue weighted by Gasteiger charge is -2.36. The predicted molar refractivity (Wildman–Crippen MR) is 95.8 cm³/mol. The van der Waals surface area contributed by atoms with Crippen molar-refractivity contribution in [2.75, 3.05) is 37.9 Å². The molecule has 0 saturated carbocycles. The minimum absolute atomic E-state index is 0.189. The second-order valence-corrected chi connectivity index (χ2v) is 6.22. The van der Waals surface area contributed by atoms with Crippen LogP contribution in [0.3, 0.4) is 0 Å². The molecule has 25 heavy (non-hydrogen) atoms. The third kappa shape index (κ3) is 3.55. The summed E-state index contributed by atoms with van der Waals surface area (Å²) < 4.78 is 10.8. The Balaban J connectivity index is 1.30. The van der Waals surface area contributed by atoms with Gasteiger partial charge in [0.05, 0.1) is 0 Å². The number of hydrogen-bond donors (Lipinski definition) is 0.